The third-order valence-corrected chi connectivity index (χ3v) is 3.65. The van der Waals surface area contributed by atoms with Crippen molar-refractivity contribution in [1.82, 2.24) is 4.90 Å². The van der Waals surface area contributed by atoms with Crippen molar-refractivity contribution >= 4 is 5.91 Å². The quantitative estimate of drug-likeness (QED) is 0.846. The van der Waals surface area contributed by atoms with Crippen LogP contribution in [0.4, 0.5) is 0 Å². The van der Waals surface area contributed by atoms with Gasteiger partial charge in [0.2, 0.25) is 5.91 Å². The maximum absolute atomic E-state index is 12.3. The SMILES string of the molecule is CCC(C)(C)C(=O)N(C)Cc1ccc(C#CCCO)cc1. The predicted molar refractivity (Wildman–Crippen MR) is 85.6 cm³/mol. The van der Waals surface area contributed by atoms with Crippen LogP contribution in [0.1, 0.15) is 44.7 Å². The van der Waals surface area contributed by atoms with E-state index in [4.69, 9.17) is 5.11 Å². The van der Waals surface area contributed by atoms with Crippen LogP contribution in [0.25, 0.3) is 0 Å². The summed E-state index contributed by atoms with van der Waals surface area (Å²) in [6.45, 7) is 6.68. The fraction of sp³-hybridized carbons (Fsp3) is 0.500. The molecule has 3 heteroatoms. The Morgan fingerprint density at radius 1 is 1.29 bits per heavy atom. The lowest BCUT2D eigenvalue weighted by Crippen LogP contribution is -2.37. The van der Waals surface area contributed by atoms with Gasteiger partial charge in [0.15, 0.2) is 0 Å². The van der Waals surface area contributed by atoms with E-state index in [1.807, 2.05) is 52.1 Å². The Balaban J connectivity index is 2.68. The zero-order chi connectivity index (χ0) is 15.9. The van der Waals surface area contributed by atoms with Crippen LogP contribution in [0.15, 0.2) is 24.3 Å². The zero-order valence-corrected chi connectivity index (χ0v) is 13.4. The smallest absolute Gasteiger partial charge is 0.228 e. The molecular weight excluding hydrogens is 262 g/mol. The van der Waals surface area contributed by atoms with Gasteiger partial charge in [0.1, 0.15) is 0 Å². The molecule has 0 unspecified atom stereocenters. The molecule has 0 aliphatic carbocycles. The number of nitrogens with zero attached hydrogens (tertiary/aromatic N) is 1. The fourth-order valence-electron chi connectivity index (χ4n) is 1.93. The van der Waals surface area contributed by atoms with Gasteiger partial charge < -0.3 is 10.0 Å². The number of hydrogen-bond donors (Lipinski definition) is 1. The lowest BCUT2D eigenvalue weighted by Gasteiger charge is -2.28. The van der Waals surface area contributed by atoms with E-state index < -0.39 is 0 Å². The van der Waals surface area contributed by atoms with Crippen molar-refractivity contribution in [3.63, 3.8) is 0 Å². The van der Waals surface area contributed by atoms with Crippen LogP contribution >= 0.6 is 0 Å². The Kier molecular flexibility index (Phi) is 6.45. The van der Waals surface area contributed by atoms with Gasteiger partial charge in [-0.3, -0.25) is 4.79 Å². The number of carbonyl (C=O) groups excluding carboxylic acids is 1. The first-order valence-electron chi connectivity index (χ1n) is 7.35. The van der Waals surface area contributed by atoms with Crippen molar-refractivity contribution in [2.75, 3.05) is 13.7 Å². The standard InChI is InChI=1S/C18H25NO2/c1-5-18(2,3)17(21)19(4)14-16-11-9-15(10-12-16)8-6-7-13-20/h9-12,20H,5,7,13-14H2,1-4H3. The maximum Gasteiger partial charge on any atom is 0.228 e. The highest BCUT2D eigenvalue weighted by molar-refractivity contribution is 5.81. The van der Waals surface area contributed by atoms with Crippen LogP contribution in [0.5, 0.6) is 0 Å². The van der Waals surface area contributed by atoms with E-state index in [0.29, 0.717) is 13.0 Å². The number of rotatable bonds is 5. The molecule has 3 nitrogen and oxygen atoms in total. The fourth-order valence-corrected chi connectivity index (χ4v) is 1.93. The second kappa shape index (κ2) is 7.85. The first-order valence-corrected chi connectivity index (χ1v) is 7.35. The molecule has 1 N–H and O–H groups in total. The van der Waals surface area contributed by atoms with E-state index in [2.05, 4.69) is 11.8 Å². The molecule has 21 heavy (non-hydrogen) atoms. The van der Waals surface area contributed by atoms with Gasteiger partial charge in [0, 0.05) is 31.0 Å². The van der Waals surface area contributed by atoms with Crippen molar-refractivity contribution in [2.24, 2.45) is 5.41 Å². The largest absolute Gasteiger partial charge is 0.395 e. The molecule has 1 amide bonds. The number of benzene rings is 1. The monoisotopic (exact) mass is 287 g/mol. The first-order chi connectivity index (χ1) is 9.90. The Bertz CT molecular complexity index is 520. The summed E-state index contributed by atoms with van der Waals surface area (Å²) in [5.41, 5.74) is 1.70. The number of hydrogen-bond acceptors (Lipinski definition) is 2. The normalized spacial score (nSPS) is 10.7. The molecule has 1 aromatic rings. The van der Waals surface area contributed by atoms with Gasteiger partial charge in [-0.1, -0.05) is 44.7 Å². The molecule has 0 aromatic heterocycles. The summed E-state index contributed by atoms with van der Waals surface area (Å²) in [4.78, 5) is 14.1. The number of amides is 1. The highest BCUT2D eigenvalue weighted by Crippen LogP contribution is 2.23. The Morgan fingerprint density at radius 2 is 1.90 bits per heavy atom. The van der Waals surface area contributed by atoms with Crippen molar-refractivity contribution in [2.45, 2.75) is 40.2 Å². The van der Waals surface area contributed by atoms with E-state index in [1.165, 1.54) is 0 Å². The zero-order valence-electron chi connectivity index (χ0n) is 13.4. The third kappa shape index (κ3) is 5.24. The lowest BCUT2D eigenvalue weighted by atomic mass is 9.88. The summed E-state index contributed by atoms with van der Waals surface area (Å²) in [7, 11) is 1.84. The topological polar surface area (TPSA) is 40.5 Å². The molecule has 1 rings (SSSR count). The summed E-state index contributed by atoms with van der Waals surface area (Å²) in [5.74, 6) is 6.05. The molecule has 0 fully saturated rings. The van der Waals surface area contributed by atoms with Crippen LogP contribution in [0.2, 0.25) is 0 Å². The average Bonchev–Trinajstić information content (AvgIpc) is 2.48. The molecule has 114 valence electrons. The summed E-state index contributed by atoms with van der Waals surface area (Å²) in [6, 6.07) is 7.88. The second-order valence-corrected chi connectivity index (χ2v) is 5.87. The summed E-state index contributed by atoms with van der Waals surface area (Å²) < 4.78 is 0. The van der Waals surface area contributed by atoms with Crippen LogP contribution in [0, 0.1) is 17.3 Å². The average molecular weight is 287 g/mol. The van der Waals surface area contributed by atoms with Gasteiger partial charge in [-0.05, 0) is 24.1 Å². The predicted octanol–water partition coefficient (Wildman–Crippen LogP) is 2.82. The van der Waals surface area contributed by atoms with Crippen molar-refractivity contribution in [1.29, 1.82) is 0 Å². The lowest BCUT2D eigenvalue weighted by molar-refractivity contribution is -0.139. The molecule has 0 heterocycles. The van der Waals surface area contributed by atoms with E-state index in [-0.39, 0.29) is 17.9 Å². The van der Waals surface area contributed by atoms with Crippen LogP contribution in [0.3, 0.4) is 0 Å². The minimum absolute atomic E-state index is 0.0885. The second-order valence-electron chi connectivity index (χ2n) is 5.87. The number of aliphatic hydroxyl groups excluding tert-OH is 1. The molecule has 0 spiro atoms. The third-order valence-electron chi connectivity index (χ3n) is 3.65. The van der Waals surface area contributed by atoms with E-state index in [0.717, 1.165) is 17.5 Å². The molecule has 0 atom stereocenters. The van der Waals surface area contributed by atoms with E-state index in [9.17, 15) is 4.79 Å². The Labute approximate surface area is 128 Å². The van der Waals surface area contributed by atoms with Gasteiger partial charge >= 0.3 is 0 Å². The van der Waals surface area contributed by atoms with E-state index >= 15 is 0 Å². The summed E-state index contributed by atoms with van der Waals surface area (Å²) >= 11 is 0. The highest BCUT2D eigenvalue weighted by Gasteiger charge is 2.28. The molecule has 0 aliphatic rings. The van der Waals surface area contributed by atoms with Crippen LogP contribution in [-0.4, -0.2) is 29.6 Å². The molecule has 0 aliphatic heterocycles. The van der Waals surface area contributed by atoms with Gasteiger partial charge in [-0.15, -0.1) is 0 Å². The molecule has 0 radical (unpaired) electrons. The molecular formula is C18H25NO2. The van der Waals surface area contributed by atoms with Crippen molar-refractivity contribution in [3.05, 3.63) is 35.4 Å². The summed E-state index contributed by atoms with van der Waals surface area (Å²) in [5, 5.41) is 8.69. The number of carbonyl (C=O) groups is 1. The van der Waals surface area contributed by atoms with Gasteiger partial charge in [-0.25, -0.2) is 0 Å². The minimum atomic E-state index is -0.315. The van der Waals surface area contributed by atoms with Crippen LogP contribution in [-0.2, 0) is 11.3 Å². The Hall–Kier alpha value is -1.79. The van der Waals surface area contributed by atoms with Crippen LogP contribution < -0.4 is 0 Å². The van der Waals surface area contributed by atoms with Crippen molar-refractivity contribution in [3.8, 4) is 11.8 Å². The molecule has 0 bridgehead atoms. The highest BCUT2D eigenvalue weighted by atomic mass is 16.2. The van der Waals surface area contributed by atoms with Gasteiger partial charge in [0.25, 0.3) is 0 Å². The summed E-state index contributed by atoms with van der Waals surface area (Å²) in [6.07, 6.45) is 1.32. The maximum atomic E-state index is 12.3. The van der Waals surface area contributed by atoms with Gasteiger partial charge in [0.05, 0.1) is 6.61 Å². The Morgan fingerprint density at radius 3 is 2.43 bits per heavy atom. The first kappa shape index (κ1) is 17.3. The van der Waals surface area contributed by atoms with Crippen molar-refractivity contribution < 1.29 is 9.90 Å². The van der Waals surface area contributed by atoms with Gasteiger partial charge in [-0.2, -0.15) is 0 Å². The molecule has 0 saturated heterocycles. The number of aliphatic hydroxyl groups is 1. The molecule has 1 aromatic carbocycles. The van der Waals surface area contributed by atoms with E-state index in [1.54, 1.807) is 4.90 Å². The minimum Gasteiger partial charge on any atom is -0.395 e. The molecule has 0 saturated carbocycles.